The number of amides is 2. The molecule has 0 saturated carbocycles. The second-order valence-corrected chi connectivity index (χ2v) is 11.8. The molecule has 9 heteroatoms. The van der Waals surface area contributed by atoms with Crippen LogP contribution in [-0.4, -0.2) is 43.3 Å². The van der Waals surface area contributed by atoms with E-state index in [1.54, 1.807) is 32.0 Å². The van der Waals surface area contributed by atoms with Gasteiger partial charge < -0.3 is 5.32 Å². The summed E-state index contributed by atoms with van der Waals surface area (Å²) in [5.41, 5.74) is 7.31. The van der Waals surface area contributed by atoms with Gasteiger partial charge in [-0.2, -0.15) is 9.41 Å². The molecule has 0 bridgehead atoms. The van der Waals surface area contributed by atoms with Crippen LogP contribution in [0.3, 0.4) is 0 Å². The number of carbonyl (C=O) groups excluding carboxylic acids is 2. The summed E-state index contributed by atoms with van der Waals surface area (Å²) >= 11 is 0. The third kappa shape index (κ3) is 7.19. The van der Waals surface area contributed by atoms with Gasteiger partial charge >= 0.3 is 0 Å². The summed E-state index contributed by atoms with van der Waals surface area (Å²) in [4.78, 5) is 25.4. The molecule has 3 aromatic rings. The zero-order valence-electron chi connectivity index (χ0n) is 22.5. The van der Waals surface area contributed by atoms with Crippen molar-refractivity contribution in [2.45, 2.75) is 44.9 Å². The molecule has 0 radical (unpaired) electrons. The number of sulfonamides is 1. The highest BCUT2D eigenvalue weighted by molar-refractivity contribution is 7.89. The number of aryl methyl sites for hydroxylation is 2. The fourth-order valence-electron chi connectivity index (χ4n) is 4.56. The van der Waals surface area contributed by atoms with Gasteiger partial charge in [0.05, 0.1) is 17.0 Å². The van der Waals surface area contributed by atoms with Crippen LogP contribution in [0.5, 0.6) is 0 Å². The van der Waals surface area contributed by atoms with Crippen LogP contribution in [0.2, 0.25) is 0 Å². The van der Waals surface area contributed by atoms with E-state index in [2.05, 4.69) is 15.8 Å². The van der Waals surface area contributed by atoms with Gasteiger partial charge in [0.1, 0.15) is 0 Å². The highest BCUT2D eigenvalue weighted by atomic mass is 32.2. The van der Waals surface area contributed by atoms with Gasteiger partial charge in [-0.3, -0.25) is 9.59 Å². The van der Waals surface area contributed by atoms with Crippen LogP contribution >= 0.6 is 0 Å². The molecule has 0 aromatic heterocycles. The predicted molar refractivity (Wildman–Crippen MR) is 153 cm³/mol. The van der Waals surface area contributed by atoms with E-state index in [0.717, 1.165) is 16.7 Å². The van der Waals surface area contributed by atoms with E-state index >= 15 is 0 Å². The Morgan fingerprint density at radius 2 is 1.62 bits per heavy atom. The summed E-state index contributed by atoms with van der Waals surface area (Å²) < 4.78 is 27.8. The Balaban J connectivity index is 1.28. The van der Waals surface area contributed by atoms with Crippen molar-refractivity contribution in [3.05, 3.63) is 95.1 Å². The second-order valence-electron chi connectivity index (χ2n) is 9.91. The number of nitrogens with zero attached hydrogens (tertiary/aromatic N) is 2. The molecule has 0 unspecified atom stereocenters. The molecule has 1 heterocycles. The standard InChI is InChI=1S/C30H34N4O4S/c1-21-9-10-22(2)28(19-21)39(37,38)34-17-15-26(16-18-34)30(36)33-32-23(3)25-11-13-27(14-12-25)31-29(35)20-24-7-5-4-6-8-24/h4-14,19,26H,15-18,20H2,1-3H3,(H,31,35)(H,33,36)/b32-23-. The average molecular weight is 547 g/mol. The molecule has 0 spiro atoms. The van der Waals surface area contributed by atoms with Gasteiger partial charge in [-0.05, 0) is 74.1 Å². The molecule has 3 aromatic carbocycles. The van der Waals surface area contributed by atoms with Crippen LogP contribution < -0.4 is 10.7 Å². The number of anilines is 1. The van der Waals surface area contributed by atoms with Crippen molar-refractivity contribution in [2.75, 3.05) is 18.4 Å². The van der Waals surface area contributed by atoms with Gasteiger partial charge in [-0.25, -0.2) is 13.8 Å². The monoisotopic (exact) mass is 546 g/mol. The van der Waals surface area contributed by atoms with Crippen molar-refractivity contribution in [2.24, 2.45) is 11.0 Å². The maximum absolute atomic E-state index is 13.2. The van der Waals surface area contributed by atoms with Gasteiger partial charge in [0.25, 0.3) is 0 Å². The minimum Gasteiger partial charge on any atom is -0.326 e. The molecule has 1 saturated heterocycles. The van der Waals surface area contributed by atoms with Gasteiger partial charge in [-0.1, -0.05) is 54.6 Å². The largest absolute Gasteiger partial charge is 0.326 e. The first kappa shape index (κ1) is 28.2. The molecule has 0 aliphatic carbocycles. The van der Waals surface area contributed by atoms with E-state index in [0.29, 0.717) is 41.1 Å². The number of hydrazone groups is 1. The van der Waals surface area contributed by atoms with E-state index < -0.39 is 10.0 Å². The summed E-state index contributed by atoms with van der Waals surface area (Å²) in [5.74, 6) is -0.629. The smallest absolute Gasteiger partial charge is 0.243 e. The molecule has 1 aliphatic heterocycles. The Labute approximate surface area is 230 Å². The average Bonchev–Trinajstić information content (AvgIpc) is 2.93. The maximum atomic E-state index is 13.2. The van der Waals surface area contributed by atoms with Crippen LogP contribution in [0.15, 0.2) is 82.8 Å². The van der Waals surface area contributed by atoms with Crippen LogP contribution in [0, 0.1) is 19.8 Å². The van der Waals surface area contributed by atoms with Gasteiger partial charge in [0.2, 0.25) is 21.8 Å². The number of benzene rings is 3. The van der Waals surface area contributed by atoms with Crippen molar-refractivity contribution in [3.63, 3.8) is 0 Å². The Morgan fingerprint density at radius 3 is 2.28 bits per heavy atom. The third-order valence-corrected chi connectivity index (χ3v) is 8.95. The van der Waals surface area contributed by atoms with Gasteiger partial charge in [0.15, 0.2) is 0 Å². The van der Waals surface area contributed by atoms with Crippen molar-refractivity contribution >= 4 is 33.2 Å². The summed E-state index contributed by atoms with van der Waals surface area (Å²) in [5, 5.41) is 7.14. The van der Waals surface area contributed by atoms with Crippen molar-refractivity contribution in [1.29, 1.82) is 0 Å². The van der Waals surface area contributed by atoms with Crippen LogP contribution in [0.25, 0.3) is 0 Å². The zero-order chi connectivity index (χ0) is 28.0. The minimum absolute atomic E-state index is 0.0977. The molecular weight excluding hydrogens is 512 g/mol. The Morgan fingerprint density at radius 1 is 0.949 bits per heavy atom. The normalized spacial score (nSPS) is 15.1. The molecule has 204 valence electrons. The molecule has 1 aliphatic rings. The lowest BCUT2D eigenvalue weighted by molar-refractivity contribution is -0.126. The molecule has 39 heavy (non-hydrogen) atoms. The van der Waals surface area contributed by atoms with Gasteiger partial charge in [0, 0.05) is 24.7 Å². The fraction of sp³-hybridized carbons (Fsp3) is 0.300. The molecule has 0 atom stereocenters. The Kier molecular flexibility index (Phi) is 8.93. The molecule has 8 nitrogen and oxygen atoms in total. The van der Waals surface area contributed by atoms with Crippen LogP contribution in [0.1, 0.15) is 42.0 Å². The lowest BCUT2D eigenvalue weighted by atomic mass is 9.98. The zero-order valence-corrected chi connectivity index (χ0v) is 23.3. The molecular formula is C30H34N4O4S. The molecule has 1 fully saturated rings. The maximum Gasteiger partial charge on any atom is 0.243 e. The predicted octanol–water partition coefficient (Wildman–Crippen LogP) is 4.43. The number of hydrogen-bond donors (Lipinski definition) is 2. The SMILES string of the molecule is C/C(=N/NC(=O)C1CCN(S(=O)(=O)c2cc(C)ccc2C)CC1)c1ccc(NC(=O)Cc2ccccc2)cc1. The van der Waals surface area contributed by atoms with E-state index in [4.69, 9.17) is 0 Å². The first-order chi connectivity index (χ1) is 18.6. The van der Waals surface area contributed by atoms with Crippen LogP contribution in [-0.2, 0) is 26.0 Å². The number of nitrogens with one attached hydrogen (secondary N) is 2. The van der Waals surface area contributed by atoms with Crippen LogP contribution in [0.4, 0.5) is 5.69 Å². The number of hydrogen-bond acceptors (Lipinski definition) is 5. The molecule has 2 N–H and O–H groups in total. The molecule has 2 amide bonds. The lowest BCUT2D eigenvalue weighted by Gasteiger charge is -2.30. The van der Waals surface area contributed by atoms with Crippen molar-refractivity contribution in [1.82, 2.24) is 9.73 Å². The second kappa shape index (κ2) is 12.4. The van der Waals surface area contributed by atoms with E-state index in [-0.39, 0.29) is 30.8 Å². The Bertz CT molecular complexity index is 1460. The number of carbonyl (C=O) groups is 2. The Hall–Kier alpha value is -3.82. The van der Waals surface area contributed by atoms with E-state index in [1.165, 1.54) is 4.31 Å². The first-order valence-electron chi connectivity index (χ1n) is 13.0. The van der Waals surface area contributed by atoms with Crippen molar-refractivity contribution < 1.29 is 18.0 Å². The lowest BCUT2D eigenvalue weighted by Crippen LogP contribution is -2.42. The summed E-state index contributed by atoms with van der Waals surface area (Å²) in [7, 11) is -3.61. The summed E-state index contributed by atoms with van der Waals surface area (Å²) in [6.45, 7) is 6.03. The van der Waals surface area contributed by atoms with E-state index in [1.807, 2.05) is 61.5 Å². The minimum atomic E-state index is -3.61. The quantitative estimate of drug-likeness (QED) is 0.322. The van der Waals surface area contributed by atoms with Gasteiger partial charge in [-0.15, -0.1) is 0 Å². The highest BCUT2D eigenvalue weighted by Gasteiger charge is 2.32. The van der Waals surface area contributed by atoms with Crippen molar-refractivity contribution in [3.8, 4) is 0 Å². The fourth-order valence-corrected chi connectivity index (χ4v) is 6.34. The molecule has 4 rings (SSSR count). The highest BCUT2D eigenvalue weighted by Crippen LogP contribution is 2.26. The third-order valence-electron chi connectivity index (χ3n) is 6.91. The first-order valence-corrected chi connectivity index (χ1v) is 14.4. The summed E-state index contributed by atoms with van der Waals surface area (Å²) in [6, 6.07) is 22.2. The topological polar surface area (TPSA) is 108 Å². The number of piperidine rings is 1. The number of rotatable bonds is 8. The summed E-state index contributed by atoms with van der Waals surface area (Å²) in [6.07, 6.45) is 1.16. The van der Waals surface area contributed by atoms with E-state index in [9.17, 15) is 18.0 Å².